The van der Waals surface area contributed by atoms with Gasteiger partial charge >= 0.3 is 0 Å². The molecule has 0 saturated heterocycles. The molecule has 0 fully saturated rings. The molecule has 3 amide bonds. The Morgan fingerprint density at radius 2 is 1.44 bits per heavy atom. The number of para-hydroxylation sites is 2. The fourth-order valence-corrected chi connectivity index (χ4v) is 4.21. The lowest BCUT2D eigenvalue weighted by Gasteiger charge is -2.28. The van der Waals surface area contributed by atoms with Gasteiger partial charge < -0.3 is 15.4 Å². The number of anilines is 4. The molecule has 0 saturated carbocycles. The van der Waals surface area contributed by atoms with Crippen LogP contribution in [0.25, 0.3) is 10.8 Å². The van der Waals surface area contributed by atoms with E-state index in [1.807, 2.05) is 30.3 Å². The molecule has 1 aliphatic rings. The Hall–Kier alpha value is -4.65. The molecule has 0 atom stereocenters. The van der Waals surface area contributed by atoms with Crippen molar-refractivity contribution in [1.82, 2.24) is 0 Å². The molecule has 34 heavy (non-hydrogen) atoms. The summed E-state index contributed by atoms with van der Waals surface area (Å²) in [6, 6.07) is 23.1. The molecule has 7 nitrogen and oxygen atoms in total. The summed E-state index contributed by atoms with van der Waals surface area (Å²) >= 11 is 0. The first-order valence-electron chi connectivity index (χ1n) is 10.7. The second-order valence-electron chi connectivity index (χ2n) is 7.88. The molecule has 0 unspecified atom stereocenters. The largest absolute Gasteiger partial charge is 0.497 e. The summed E-state index contributed by atoms with van der Waals surface area (Å²) in [5.74, 6) is -0.312. The predicted molar refractivity (Wildman–Crippen MR) is 132 cm³/mol. The van der Waals surface area contributed by atoms with Gasteiger partial charge in [0.1, 0.15) is 5.75 Å². The highest BCUT2D eigenvalue weighted by molar-refractivity contribution is 6.36. The SMILES string of the molecule is COc1ccc(N2C(=O)c3cccc4c(Nc5ccccc5NC(C)=O)ccc(c34)C2=O)cc1. The number of nitrogens with one attached hydrogen (secondary N) is 2. The maximum atomic E-state index is 13.4. The van der Waals surface area contributed by atoms with Crippen LogP contribution in [0.2, 0.25) is 0 Å². The zero-order valence-corrected chi connectivity index (χ0v) is 18.6. The summed E-state index contributed by atoms with van der Waals surface area (Å²) in [5, 5.41) is 7.49. The van der Waals surface area contributed by atoms with Gasteiger partial charge in [0.05, 0.1) is 24.2 Å². The van der Waals surface area contributed by atoms with E-state index >= 15 is 0 Å². The van der Waals surface area contributed by atoms with Crippen LogP contribution in [0.15, 0.2) is 78.9 Å². The molecule has 5 rings (SSSR count). The number of rotatable bonds is 5. The molecule has 0 aliphatic carbocycles. The van der Waals surface area contributed by atoms with Crippen LogP contribution in [0.3, 0.4) is 0 Å². The predicted octanol–water partition coefficient (Wildman–Crippen LogP) is 5.35. The molecule has 0 radical (unpaired) electrons. The van der Waals surface area contributed by atoms with Crippen LogP contribution in [0.5, 0.6) is 5.75 Å². The number of carbonyl (C=O) groups is 3. The van der Waals surface area contributed by atoms with Crippen LogP contribution < -0.4 is 20.3 Å². The van der Waals surface area contributed by atoms with Gasteiger partial charge in [0.25, 0.3) is 11.8 Å². The lowest BCUT2D eigenvalue weighted by Crippen LogP contribution is -2.40. The summed E-state index contributed by atoms with van der Waals surface area (Å²) in [6.07, 6.45) is 0. The molecule has 1 heterocycles. The van der Waals surface area contributed by atoms with Gasteiger partial charge in [-0.25, -0.2) is 4.90 Å². The first kappa shape index (κ1) is 21.2. The van der Waals surface area contributed by atoms with Crippen LogP contribution in [0.1, 0.15) is 27.6 Å². The summed E-state index contributed by atoms with van der Waals surface area (Å²) < 4.78 is 5.19. The van der Waals surface area contributed by atoms with Crippen molar-refractivity contribution in [3.05, 3.63) is 90.0 Å². The van der Waals surface area contributed by atoms with Crippen molar-refractivity contribution < 1.29 is 19.1 Å². The highest BCUT2D eigenvalue weighted by Gasteiger charge is 2.34. The average Bonchev–Trinajstić information content (AvgIpc) is 2.84. The Bertz CT molecular complexity index is 1440. The third-order valence-electron chi connectivity index (χ3n) is 5.75. The van der Waals surface area contributed by atoms with Crippen molar-refractivity contribution >= 4 is 51.2 Å². The van der Waals surface area contributed by atoms with E-state index < -0.39 is 0 Å². The molecule has 4 aromatic rings. The van der Waals surface area contributed by atoms with E-state index in [9.17, 15) is 14.4 Å². The molecule has 1 aliphatic heterocycles. The fourth-order valence-electron chi connectivity index (χ4n) is 4.21. The smallest absolute Gasteiger partial charge is 0.265 e. The summed E-state index contributed by atoms with van der Waals surface area (Å²) in [6.45, 7) is 1.45. The molecule has 0 aromatic heterocycles. The monoisotopic (exact) mass is 451 g/mol. The number of methoxy groups -OCH3 is 1. The highest BCUT2D eigenvalue weighted by Crippen LogP contribution is 2.38. The maximum Gasteiger partial charge on any atom is 0.265 e. The molecule has 0 spiro atoms. The number of hydrogen-bond acceptors (Lipinski definition) is 5. The topological polar surface area (TPSA) is 87.7 Å². The van der Waals surface area contributed by atoms with E-state index in [0.717, 1.165) is 11.1 Å². The van der Waals surface area contributed by atoms with Gasteiger partial charge in [-0.15, -0.1) is 0 Å². The van der Waals surface area contributed by atoms with Crippen molar-refractivity contribution in [2.75, 3.05) is 22.6 Å². The number of hydrogen-bond donors (Lipinski definition) is 2. The van der Waals surface area contributed by atoms with Crippen molar-refractivity contribution in [2.24, 2.45) is 0 Å². The van der Waals surface area contributed by atoms with E-state index in [2.05, 4.69) is 10.6 Å². The van der Waals surface area contributed by atoms with Crippen molar-refractivity contribution in [2.45, 2.75) is 6.92 Å². The van der Waals surface area contributed by atoms with Gasteiger partial charge in [0.15, 0.2) is 0 Å². The number of amides is 3. The number of imide groups is 1. The van der Waals surface area contributed by atoms with E-state index in [1.165, 1.54) is 11.8 Å². The average molecular weight is 451 g/mol. The lowest BCUT2D eigenvalue weighted by molar-refractivity contribution is -0.114. The number of carbonyl (C=O) groups excluding carboxylic acids is 3. The van der Waals surface area contributed by atoms with Gasteiger partial charge in [0, 0.05) is 34.5 Å². The highest BCUT2D eigenvalue weighted by atomic mass is 16.5. The number of ether oxygens (including phenoxy) is 1. The van der Waals surface area contributed by atoms with E-state index in [0.29, 0.717) is 39.3 Å². The molecular formula is C27H21N3O4. The minimum Gasteiger partial charge on any atom is -0.497 e. The van der Waals surface area contributed by atoms with E-state index in [-0.39, 0.29) is 17.7 Å². The van der Waals surface area contributed by atoms with Crippen LogP contribution in [0, 0.1) is 0 Å². The Morgan fingerprint density at radius 1 is 0.765 bits per heavy atom. The Kier molecular flexibility index (Phi) is 5.22. The third-order valence-corrected chi connectivity index (χ3v) is 5.75. The van der Waals surface area contributed by atoms with Crippen molar-refractivity contribution in [1.29, 1.82) is 0 Å². The minimum absolute atomic E-state index is 0.180. The van der Waals surface area contributed by atoms with Gasteiger partial charge in [-0.3, -0.25) is 14.4 Å². The Labute approximate surface area is 196 Å². The van der Waals surface area contributed by atoms with Gasteiger partial charge in [0.2, 0.25) is 5.91 Å². The minimum atomic E-state index is -0.385. The lowest BCUT2D eigenvalue weighted by atomic mass is 9.92. The second kappa shape index (κ2) is 8.37. The van der Waals surface area contributed by atoms with Gasteiger partial charge in [-0.2, -0.15) is 0 Å². The van der Waals surface area contributed by atoms with Crippen LogP contribution in [-0.2, 0) is 4.79 Å². The van der Waals surface area contributed by atoms with Gasteiger partial charge in [-0.05, 0) is 54.6 Å². The van der Waals surface area contributed by atoms with Crippen LogP contribution in [0.4, 0.5) is 22.7 Å². The standard InChI is InChI=1S/C27H21N3O4/c1-16(31)28-23-8-3-4-9-24(23)29-22-15-14-21-25-19(22)6-5-7-20(25)26(32)30(27(21)33)17-10-12-18(34-2)13-11-17/h3-15,29H,1-2H3,(H,28,31). The quantitative estimate of drug-likeness (QED) is 0.399. The molecule has 168 valence electrons. The first-order chi connectivity index (χ1) is 16.5. The Balaban J connectivity index is 1.59. The first-order valence-corrected chi connectivity index (χ1v) is 10.7. The molecule has 2 N–H and O–H groups in total. The summed E-state index contributed by atoms with van der Waals surface area (Å²) in [7, 11) is 1.56. The molecule has 4 aromatic carbocycles. The zero-order chi connectivity index (χ0) is 23.8. The number of nitrogens with zero attached hydrogens (tertiary/aromatic N) is 1. The second-order valence-corrected chi connectivity index (χ2v) is 7.88. The molecule has 7 heteroatoms. The third kappa shape index (κ3) is 3.53. The normalized spacial score (nSPS) is 12.6. The number of benzene rings is 4. The van der Waals surface area contributed by atoms with Crippen LogP contribution in [-0.4, -0.2) is 24.8 Å². The Morgan fingerprint density at radius 3 is 2.12 bits per heavy atom. The van der Waals surface area contributed by atoms with Gasteiger partial charge in [-0.1, -0.05) is 24.3 Å². The molecular weight excluding hydrogens is 430 g/mol. The van der Waals surface area contributed by atoms with Crippen molar-refractivity contribution in [3.8, 4) is 5.75 Å². The zero-order valence-electron chi connectivity index (χ0n) is 18.6. The fraction of sp³-hybridized carbons (Fsp3) is 0.0741. The summed E-state index contributed by atoms with van der Waals surface area (Å²) in [4.78, 5) is 39.6. The van der Waals surface area contributed by atoms with E-state index in [1.54, 1.807) is 55.6 Å². The molecule has 0 bridgehead atoms. The van der Waals surface area contributed by atoms with E-state index in [4.69, 9.17) is 4.74 Å². The van der Waals surface area contributed by atoms with Crippen LogP contribution >= 0.6 is 0 Å². The maximum absolute atomic E-state index is 13.4. The summed E-state index contributed by atoms with van der Waals surface area (Å²) in [5.41, 5.74) is 3.42. The van der Waals surface area contributed by atoms with Crippen molar-refractivity contribution in [3.63, 3.8) is 0 Å².